The number of thioether (sulfide) groups is 1. The molecule has 2 aromatic carbocycles. The quantitative estimate of drug-likeness (QED) is 0.356. The van der Waals surface area contributed by atoms with Crippen LogP contribution in [0, 0.1) is 0 Å². The molecule has 0 aliphatic rings. The Hall–Kier alpha value is -3.19. The summed E-state index contributed by atoms with van der Waals surface area (Å²) in [4.78, 5) is 20.5. The second-order valence-corrected chi connectivity index (χ2v) is 7.43. The third kappa shape index (κ3) is 2.66. The number of ketones is 1. The van der Waals surface area contributed by atoms with Crippen LogP contribution in [0.3, 0.4) is 0 Å². The fourth-order valence-corrected chi connectivity index (χ4v) is 4.25. The minimum absolute atomic E-state index is 0.0437. The number of nitrogens with zero attached hydrogens (tertiary/aromatic N) is 4. The van der Waals surface area contributed by atoms with Crippen LogP contribution < -0.4 is 0 Å². The lowest BCUT2D eigenvalue weighted by molar-refractivity contribution is 0.102. The largest absolute Gasteiger partial charge is 0.360 e. The lowest BCUT2D eigenvalue weighted by atomic mass is 10.1. The van der Waals surface area contributed by atoms with E-state index in [4.69, 9.17) is 4.98 Å². The number of carbonyl (C=O) groups excluding carboxylic acids is 1. The van der Waals surface area contributed by atoms with Gasteiger partial charge in [-0.2, -0.15) is 0 Å². The Morgan fingerprint density at radius 1 is 1.07 bits per heavy atom. The monoisotopic (exact) mass is 387 g/mol. The molecular weight excluding hydrogens is 370 g/mol. The van der Waals surface area contributed by atoms with Gasteiger partial charge in [-0.05, 0) is 19.1 Å². The lowest BCUT2D eigenvalue weighted by Gasteiger charge is -2.03. The number of hydrogen-bond donors (Lipinski definition) is 1. The Bertz CT molecular complexity index is 1340. The van der Waals surface area contributed by atoms with Crippen molar-refractivity contribution in [3.8, 4) is 0 Å². The number of benzene rings is 2. The van der Waals surface area contributed by atoms with Crippen LogP contribution in [0.1, 0.15) is 17.3 Å². The van der Waals surface area contributed by atoms with Crippen molar-refractivity contribution >= 4 is 50.5 Å². The van der Waals surface area contributed by atoms with Gasteiger partial charge in [0.25, 0.3) is 0 Å². The Morgan fingerprint density at radius 3 is 2.71 bits per heavy atom. The molecule has 0 radical (unpaired) electrons. The first-order valence-corrected chi connectivity index (χ1v) is 10.1. The standard InChI is InChI=1S/C21H17N5OS/c1-2-26-17-10-6-4-8-14(17)19-20(26)23-21(25-24-19)28-12-18(27)15-11-22-16-9-5-3-7-13(15)16/h3-11,22H,2,12H2,1H3. The topological polar surface area (TPSA) is 76.5 Å². The molecule has 0 amide bonds. The van der Waals surface area contributed by atoms with Gasteiger partial charge in [0.05, 0.1) is 11.3 Å². The Kier molecular flexibility index (Phi) is 4.09. The van der Waals surface area contributed by atoms with E-state index in [1.165, 1.54) is 11.8 Å². The molecule has 3 heterocycles. The predicted octanol–water partition coefficient (Wildman–Crippen LogP) is 4.46. The van der Waals surface area contributed by atoms with Crippen LogP contribution in [-0.2, 0) is 6.54 Å². The van der Waals surface area contributed by atoms with E-state index in [-0.39, 0.29) is 11.5 Å². The van der Waals surface area contributed by atoms with E-state index in [1.807, 2.05) is 42.5 Å². The van der Waals surface area contributed by atoms with E-state index >= 15 is 0 Å². The van der Waals surface area contributed by atoms with Crippen molar-refractivity contribution in [1.29, 1.82) is 0 Å². The van der Waals surface area contributed by atoms with E-state index in [1.54, 1.807) is 6.20 Å². The van der Waals surface area contributed by atoms with Gasteiger partial charge in [0.15, 0.2) is 11.4 Å². The van der Waals surface area contributed by atoms with Gasteiger partial charge in [0.1, 0.15) is 5.52 Å². The lowest BCUT2D eigenvalue weighted by Crippen LogP contribution is -2.04. The summed E-state index contributed by atoms with van der Waals surface area (Å²) in [6.45, 7) is 2.88. The number of fused-ring (bicyclic) bond motifs is 4. The van der Waals surface area contributed by atoms with Crippen molar-refractivity contribution in [3.63, 3.8) is 0 Å². The summed E-state index contributed by atoms with van der Waals surface area (Å²) in [5, 5.41) is 11.1. The van der Waals surface area contributed by atoms with E-state index in [2.05, 4.69) is 32.7 Å². The molecule has 1 N–H and O–H groups in total. The number of Topliss-reactive ketones (excluding diaryl/α,β-unsaturated/α-hetero) is 1. The Balaban J connectivity index is 1.45. The molecule has 0 saturated carbocycles. The highest BCUT2D eigenvalue weighted by Gasteiger charge is 2.16. The smallest absolute Gasteiger partial charge is 0.211 e. The van der Waals surface area contributed by atoms with Crippen LogP contribution in [0.5, 0.6) is 0 Å². The maximum atomic E-state index is 12.7. The number of para-hydroxylation sites is 2. The Labute approximate surface area is 165 Å². The summed E-state index contributed by atoms with van der Waals surface area (Å²) < 4.78 is 2.13. The second kappa shape index (κ2) is 6.76. The minimum Gasteiger partial charge on any atom is -0.360 e. The van der Waals surface area contributed by atoms with Crippen LogP contribution in [0.2, 0.25) is 0 Å². The van der Waals surface area contributed by atoms with Gasteiger partial charge in [-0.15, -0.1) is 10.2 Å². The molecule has 0 saturated heterocycles. The molecule has 0 bridgehead atoms. The molecule has 138 valence electrons. The molecule has 0 aliphatic carbocycles. The molecule has 0 spiro atoms. The second-order valence-electron chi connectivity index (χ2n) is 6.49. The van der Waals surface area contributed by atoms with Crippen molar-refractivity contribution < 1.29 is 4.79 Å². The van der Waals surface area contributed by atoms with Crippen molar-refractivity contribution in [2.45, 2.75) is 18.6 Å². The zero-order valence-corrected chi connectivity index (χ0v) is 16.0. The van der Waals surface area contributed by atoms with Crippen molar-refractivity contribution in [1.82, 2.24) is 24.7 Å². The summed E-state index contributed by atoms with van der Waals surface area (Å²) in [5.41, 5.74) is 4.35. The summed E-state index contributed by atoms with van der Waals surface area (Å²) in [7, 11) is 0. The highest BCUT2D eigenvalue weighted by molar-refractivity contribution is 7.99. The fraction of sp³-hybridized carbons (Fsp3) is 0.143. The molecule has 6 nitrogen and oxygen atoms in total. The Morgan fingerprint density at radius 2 is 1.86 bits per heavy atom. The van der Waals surface area contributed by atoms with Crippen LogP contribution in [0.15, 0.2) is 59.9 Å². The van der Waals surface area contributed by atoms with Crippen LogP contribution >= 0.6 is 11.8 Å². The van der Waals surface area contributed by atoms with Gasteiger partial charge >= 0.3 is 0 Å². The SMILES string of the molecule is CCn1c2ccccc2c2nnc(SCC(=O)c3c[nH]c4ccccc34)nc21. The summed E-state index contributed by atoms with van der Waals surface area (Å²) in [6, 6.07) is 15.9. The number of hydrogen-bond acceptors (Lipinski definition) is 5. The first-order valence-electron chi connectivity index (χ1n) is 9.10. The van der Waals surface area contributed by atoms with E-state index in [0.29, 0.717) is 10.7 Å². The minimum atomic E-state index is 0.0437. The first-order chi connectivity index (χ1) is 13.8. The van der Waals surface area contributed by atoms with Crippen molar-refractivity contribution in [2.75, 3.05) is 5.75 Å². The molecule has 0 atom stereocenters. The molecule has 0 fully saturated rings. The molecule has 0 aliphatic heterocycles. The fourth-order valence-electron chi connectivity index (χ4n) is 3.58. The van der Waals surface area contributed by atoms with Crippen molar-refractivity contribution in [2.24, 2.45) is 0 Å². The number of rotatable bonds is 5. The number of aromatic nitrogens is 5. The number of H-pyrrole nitrogens is 1. The van der Waals surface area contributed by atoms with Gasteiger partial charge in [0.2, 0.25) is 5.16 Å². The van der Waals surface area contributed by atoms with Crippen LogP contribution in [0.25, 0.3) is 33.0 Å². The average Bonchev–Trinajstić information content (AvgIpc) is 3.30. The van der Waals surface area contributed by atoms with Gasteiger partial charge in [-0.1, -0.05) is 48.2 Å². The highest BCUT2D eigenvalue weighted by atomic mass is 32.2. The summed E-state index contributed by atoms with van der Waals surface area (Å²) in [5.74, 6) is 0.309. The zero-order valence-electron chi connectivity index (χ0n) is 15.2. The third-order valence-corrected chi connectivity index (χ3v) is 5.73. The third-order valence-electron chi connectivity index (χ3n) is 4.89. The summed E-state index contributed by atoms with van der Waals surface area (Å²) in [6.07, 6.45) is 1.77. The van der Waals surface area contributed by atoms with Crippen LogP contribution in [0.4, 0.5) is 0 Å². The molecule has 7 heteroatoms. The van der Waals surface area contributed by atoms with E-state index in [9.17, 15) is 4.79 Å². The van der Waals surface area contributed by atoms with Gasteiger partial charge < -0.3 is 9.55 Å². The number of nitrogens with one attached hydrogen (secondary N) is 1. The molecule has 5 rings (SSSR count). The molecule has 3 aromatic heterocycles. The average molecular weight is 387 g/mol. The van der Waals surface area contributed by atoms with Gasteiger partial charge in [-0.3, -0.25) is 4.79 Å². The molecule has 0 unspecified atom stereocenters. The number of carbonyl (C=O) groups is 1. The zero-order chi connectivity index (χ0) is 19.1. The van der Waals surface area contributed by atoms with Gasteiger partial charge in [0, 0.05) is 34.6 Å². The molecule has 28 heavy (non-hydrogen) atoms. The van der Waals surface area contributed by atoms with Crippen LogP contribution in [-0.4, -0.2) is 36.3 Å². The maximum absolute atomic E-state index is 12.7. The maximum Gasteiger partial charge on any atom is 0.211 e. The first kappa shape index (κ1) is 16.9. The van der Waals surface area contributed by atoms with E-state index in [0.717, 1.165) is 39.5 Å². The van der Waals surface area contributed by atoms with Gasteiger partial charge in [-0.25, -0.2) is 4.98 Å². The number of aromatic amines is 1. The predicted molar refractivity (Wildman–Crippen MR) is 112 cm³/mol. The normalized spacial score (nSPS) is 11.6. The molecular formula is C21H17N5OS. The number of aryl methyl sites for hydroxylation is 1. The molecule has 5 aromatic rings. The van der Waals surface area contributed by atoms with Crippen molar-refractivity contribution in [3.05, 3.63) is 60.3 Å². The van der Waals surface area contributed by atoms with E-state index < -0.39 is 0 Å². The highest BCUT2D eigenvalue weighted by Crippen LogP contribution is 2.27. The summed E-state index contributed by atoms with van der Waals surface area (Å²) >= 11 is 1.32.